The van der Waals surface area contributed by atoms with E-state index in [1.807, 2.05) is 11.0 Å². The van der Waals surface area contributed by atoms with E-state index in [4.69, 9.17) is 0 Å². The first-order valence-electron chi connectivity index (χ1n) is 5.12. The number of anilines is 1. The van der Waals surface area contributed by atoms with E-state index in [0.717, 1.165) is 12.1 Å². The van der Waals surface area contributed by atoms with Crippen molar-refractivity contribution in [1.82, 2.24) is 0 Å². The van der Waals surface area contributed by atoms with Gasteiger partial charge in [-0.15, -0.1) is 0 Å². The maximum absolute atomic E-state index is 11.6. The summed E-state index contributed by atoms with van der Waals surface area (Å²) in [6.45, 7) is 1.67. The van der Waals surface area contributed by atoms with Gasteiger partial charge in [-0.25, -0.2) is 0 Å². The minimum atomic E-state index is 0.176. The molecule has 1 aliphatic heterocycles. The van der Waals surface area contributed by atoms with Gasteiger partial charge in [0.15, 0.2) is 0 Å². The molecular formula is C12H13NO. The molecule has 1 aliphatic carbocycles. The summed E-state index contributed by atoms with van der Waals surface area (Å²) in [6.07, 6.45) is 3.39. The van der Waals surface area contributed by atoms with Crippen LogP contribution < -0.4 is 4.90 Å². The Hall–Kier alpha value is -1.31. The van der Waals surface area contributed by atoms with Crippen LogP contribution in [0.5, 0.6) is 0 Å². The highest BCUT2D eigenvalue weighted by atomic mass is 16.2. The lowest BCUT2D eigenvalue weighted by molar-refractivity contribution is -0.117. The van der Waals surface area contributed by atoms with Crippen molar-refractivity contribution in [2.75, 3.05) is 4.90 Å². The van der Waals surface area contributed by atoms with Crippen molar-refractivity contribution in [3.63, 3.8) is 0 Å². The number of rotatable bonds is 0. The molecule has 2 nitrogen and oxygen atoms in total. The van der Waals surface area contributed by atoms with Crippen LogP contribution in [0.4, 0.5) is 5.69 Å². The van der Waals surface area contributed by atoms with Gasteiger partial charge in [0.1, 0.15) is 0 Å². The first-order valence-corrected chi connectivity index (χ1v) is 5.12. The molecule has 1 fully saturated rings. The monoisotopic (exact) mass is 187 g/mol. The molecule has 14 heavy (non-hydrogen) atoms. The average Bonchev–Trinajstić information content (AvgIpc) is 2.81. The summed E-state index contributed by atoms with van der Waals surface area (Å²) in [5.74, 6) is 0.187. The summed E-state index contributed by atoms with van der Waals surface area (Å²) < 4.78 is 0. The van der Waals surface area contributed by atoms with Gasteiger partial charge >= 0.3 is 0 Å². The summed E-state index contributed by atoms with van der Waals surface area (Å²) >= 11 is 0. The van der Waals surface area contributed by atoms with Gasteiger partial charge in [-0.05, 0) is 30.9 Å². The number of nitrogens with zero attached hydrogens (tertiary/aromatic N) is 1. The van der Waals surface area contributed by atoms with Crippen LogP contribution in [-0.2, 0) is 11.2 Å². The third kappa shape index (κ3) is 0.884. The van der Waals surface area contributed by atoms with Gasteiger partial charge in [-0.3, -0.25) is 4.79 Å². The Bertz CT molecular complexity index is 407. The number of carbonyl (C=O) groups is 1. The zero-order chi connectivity index (χ0) is 9.76. The fraction of sp³-hybridized carbons (Fsp3) is 0.417. The first-order chi connectivity index (χ1) is 6.73. The van der Waals surface area contributed by atoms with E-state index >= 15 is 0 Å². The van der Waals surface area contributed by atoms with Crippen LogP contribution in [0.2, 0.25) is 0 Å². The van der Waals surface area contributed by atoms with E-state index in [0.29, 0.717) is 0 Å². The molecule has 0 saturated heterocycles. The van der Waals surface area contributed by atoms with Crippen molar-refractivity contribution < 1.29 is 4.79 Å². The normalized spacial score (nSPS) is 21.1. The third-order valence-corrected chi connectivity index (χ3v) is 3.37. The lowest BCUT2D eigenvalue weighted by Crippen LogP contribution is -2.37. The molecule has 0 aromatic heterocycles. The minimum Gasteiger partial charge on any atom is -0.306 e. The summed E-state index contributed by atoms with van der Waals surface area (Å²) in [5, 5.41) is 0. The predicted octanol–water partition coefficient (Wildman–Crippen LogP) is 2.13. The molecule has 0 bridgehead atoms. The fourth-order valence-corrected chi connectivity index (χ4v) is 2.62. The molecule has 1 spiro atoms. The minimum absolute atomic E-state index is 0.176. The zero-order valence-corrected chi connectivity index (χ0v) is 8.29. The molecule has 1 aromatic rings. The van der Waals surface area contributed by atoms with E-state index in [1.54, 1.807) is 6.92 Å². The molecule has 2 aliphatic rings. The van der Waals surface area contributed by atoms with E-state index in [9.17, 15) is 4.79 Å². The lowest BCUT2D eigenvalue weighted by atomic mass is 10.1. The summed E-state index contributed by atoms with van der Waals surface area (Å²) in [4.78, 5) is 13.6. The van der Waals surface area contributed by atoms with E-state index in [2.05, 4.69) is 18.2 Å². The molecule has 1 heterocycles. The maximum Gasteiger partial charge on any atom is 0.224 e. The highest BCUT2D eigenvalue weighted by Crippen LogP contribution is 2.52. The molecule has 0 atom stereocenters. The second kappa shape index (κ2) is 2.38. The largest absolute Gasteiger partial charge is 0.306 e. The summed E-state index contributed by atoms with van der Waals surface area (Å²) in [5.41, 5.74) is 2.65. The highest BCUT2D eigenvalue weighted by molar-refractivity contribution is 5.96. The molecule has 2 heteroatoms. The van der Waals surface area contributed by atoms with Crippen molar-refractivity contribution in [2.45, 2.75) is 31.7 Å². The topological polar surface area (TPSA) is 20.3 Å². The smallest absolute Gasteiger partial charge is 0.224 e. The first kappa shape index (κ1) is 8.04. The SMILES string of the molecule is CC(=O)N1c2ccccc2CC12CC2. The van der Waals surface area contributed by atoms with E-state index < -0.39 is 0 Å². The van der Waals surface area contributed by atoms with Crippen LogP contribution in [0.3, 0.4) is 0 Å². The van der Waals surface area contributed by atoms with Gasteiger partial charge in [0.25, 0.3) is 0 Å². The number of hydrogen-bond acceptors (Lipinski definition) is 1. The van der Waals surface area contributed by atoms with Gasteiger partial charge in [0.05, 0.1) is 5.54 Å². The second-order valence-corrected chi connectivity index (χ2v) is 4.38. The van der Waals surface area contributed by atoms with Crippen LogP contribution in [0.25, 0.3) is 0 Å². The van der Waals surface area contributed by atoms with Crippen LogP contribution in [0, 0.1) is 0 Å². The average molecular weight is 187 g/mol. The van der Waals surface area contributed by atoms with E-state index in [1.165, 1.54) is 18.4 Å². The third-order valence-electron chi connectivity index (χ3n) is 3.37. The zero-order valence-electron chi connectivity index (χ0n) is 8.29. The Morgan fingerprint density at radius 3 is 2.71 bits per heavy atom. The number of benzene rings is 1. The molecule has 0 radical (unpaired) electrons. The number of fused-ring (bicyclic) bond motifs is 1. The van der Waals surface area contributed by atoms with Crippen molar-refractivity contribution in [3.05, 3.63) is 29.8 Å². The number of para-hydroxylation sites is 1. The van der Waals surface area contributed by atoms with Crippen LogP contribution in [0.15, 0.2) is 24.3 Å². The van der Waals surface area contributed by atoms with Crippen LogP contribution in [-0.4, -0.2) is 11.4 Å². The van der Waals surface area contributed by atoms with Gasteiger partial charge in [-0.1, -0.05) is 18.2 Å². The Kier molecular flexibility index (Phi) is 1.37. The Balaban J connectivity index is 2.13. The van der Waals surface area contributed by atoms with Gasteiger partial charge < -0.3 is 4.90 Å². The Morgan fingerprint density at radius 2 is 2.07 bits per heavy atom. The van der Waals surface area contributed by atoms with Crippen LogP contribution in [0.1, 0.15) is 25.3 Å². The van der Waals surface area contributed by atoms with Crippen molar-refractivity contribution >= 4 is 11.6 Å². The second-order valence-electron chi connectivity index (χ2n) is 4.38. The quantitative estimate of drug-likeness (QED) is 0.609. The molecule has 1 saturated carbocycles. The molecule has 0 N–H and O–H groups in total. The molecule has 1 aromatic carbocycles. The molecule has 1 amide bonds. The van der Waals surface area contributed by atoms with E-state index in [-0.39, 0.29) is 11.4 Å². The van der Waals surface area contributed by atoms with Gasteiger partial charge in [0.2, 0.25) is 5.91 Å². The standard InChI is InChI=1S/C12H13NO/c1-9(14)13-11-5-3-2-4-10(11)8-12(13)6-7-12/h2-5H,6-8H2,1H3. The molecule has 3 rings (SSSR count). The van der Waals surface area contributed by atoms with Crippen LogP contribution >= 0.6 is 0 Å². The van der Waals surface area contributed by atoms with Gasteiger partial charge in [0, 0.05) is 12.6 Å². The summed E-state index contributed by atoms with van der Waals surface area (Å²) in [6, 6.07) is 8.26. The fourth-order valence-electron chi connectivity index (χ4n) is 2.62. The highest BCUT2D eigenvalue weighted by Gasteiger charge is 2.54. The molecule has 72 valence electrons. The maximum atomic E-state index is 11.6. The van der Waals surface area contributed by atoms with Crippen molar-refractivity contribution in [2.24, 2.45) is 0 Å². The lowest BCUT2D eigenvalue weighted by Gasteiger charge is -2.23. The Labute approximate surface area is 83.5 Å². The summed E-state index contributed by atoms with van der Waals surface area (Å²) in [7, 11) is 0. The molecule has 0 unspecified atom stereocenters. The molecular weight excluding hydrogens is 174 g/mol. The predicted molar refractivity (Wildman–Crippen MR) is 55.3 cm³/mol. The Morgan fingerprint density at radius 1 is 1.36 bits per heavy atom. The number of carbonyl (C=O) groups excluding carboxylic acids is 1. The van der Waals surface area contributed by atoms with Gasteiger partial charge in [-0.2, -0.15) is 0 Å². The van der Waals surface area contributed by atoms with Crippen molar-refractivity contribution in [1.29, 1.82) is 0 Å². The van der Waals surface area contributed by atoms with Crippen molar-refractivity contribution in [3.8, 4) is 0 Å². The number of hydrogen-bond donors (Lipinski definition) is 0. The number of amides is 1.